The molecule has 19 heavy (non-hydrogen) atoms. The molecule has 0 spiro atoms. The number of aryl methyl sites for hydroxylation is 2. The molecule has 1 unspecified atom stereocenters. The first-order valence-electron chi connectivity index (χ1n) is 6.95. The molecule has 0 saturated carbocycles. The van der Waals surface area contributed by atoms with Gasteiger partial charge in [0.15, 0.2) is 0 Å². The van der Waals surface area contributed by atoms with E-state index in [0.29, 0.717) is 5.92 Å². The third kappa shape index (κ3) is 2.90. The van der Waals surface area contributed by atoms with Crippen LogP contribution in [-0.2, 0) is 13.6 Å². The molecule has 1 aliphatic rings. The molecule has 3 rings (SSSR count). The van der Waals surface area contributed by atoms with Crippen molar-refractivity contribution in [2.45, 2.75) is 32.2 Å². The van der Waals surface area contributed by atoms with Crippen LogP contribution in [0, 0.1) is 6.92 Å². The zero-order valence-electron chi connectivity index (χ0n) is 11.7. The fourth-order valence-corrected chi connectivity index (χ4v) is 3.72. The molecule has 1 saturated heterocycles. The Morgan fingerprint density at radius 1 is 1.47 bits per heavy atom. The summed E-state index contributed by atoms with van der Waals surface area (Å²) in [5, 5.41) is 4.42. The minimum Gasteiger partial charge on any atom is -0.337 e. The highest BCUT2D eigenvalue weighted by Crippen LogP contribution is 2.27. The number of hydrogen-bond acceptors (Lipinski definition) is 3. The number of thiophene rings is 1. The number of hydrogen-bond donors (Lipinski definition) is 0. The molecule has 0 bridgehead atoms. The Labute approximate surface area is 118 Å². The molecule has 2 aromatic heterocycles. The normalized spacial score (nSPS) is 20.8. The van der Waals surface area contributed by atoms with Gasteiger partial charge in [0.05, 0.1) is 5.69 Å². The van der Waals surface area contributed by atoms with Crippen molar-refractivity contribution in [2.75, 3.05) is 13.1 Å². The molecular formula is C15H21N3S. The molecule has 3 nitrogen and oxygen atoms in total. The zero-order chi connectivity index (χ0) is 13.2. The maximum atomic E-state index is 4.70. The minimum atomic E-state index is 0.589. The summed E-state index contributed by atoms with van der Waals surface area (Å²) in [5.41, 5.74) is 2.58. The second-order valence-electron chi connectivity index (χ2n) is 5.56. The predicted molar refractivity (Wildman–Crippen MR) is 79.5 cm³/mol. The van der Waals surface area contributed by atoms with Crippen molar-refractivity contribution in [1.82, 2.24) is 14.5 Å². The number of imidazole rings is 1. The van der Waals surface area contributed by atoms with Crippen LogP contribution in [0.25, 0.3) is 0 Å². The van der Waals surface area contributed by atoms with Gasteiger partial charge >= 0.3 is 0 Å². The zero-order valence-corrected chi connectivity index (χ0v) is 12.5. The van der Waals surface area contributed by atoms with Crippen LogP contribution in [0.4, 0.5) is 0 Å². The molecule has 4 heteroatoms. The Morgan fingerprint density at radius 2 is 2.37 bits per heavy atom. The SMILES string of the molecule is Cc1cn(C)c(C2CCCN(Cc3ccsc3)C2)n1. The van der Waals surface area contributed by atoms with Crippen molar-refractivity contribution in [3.63, 3.8) is 0 Å². The topological polar surface area (TPSA) is 21.1 Å². The monoisotopic (exact) mass is 275 g/mol. The van der Waals surface area contributed by atoms with Gasteiger partial charge in [-0.2, -0.15) is 11.3 Å². The number of aromatic nitrogens is 2. The van der Waals surface area contributed by atoms with Crippen LogP contribution in [0.2, 0.25) is 0 Å². The van der Waals surface area contributed by atoms with Gasteiger partial charge in [-0.25, -0.2) is 4.98 Å². The summed E-state index contributed by atoms with van der Waals surface area (Å²) in [5.74, 6) is 1.85. The van der Waals surface area contributed by atoms with Crippen LogP contribution in [0.1, 0.15) is 35.8 Å². The van der Waals surface area contributed by atoms with Gasteiger partial charge in [-0.3, -0.25) is 4.90 Å². The smallest absolute Gasteiger partial charge is 0.113 e. The van der Waals surface area contributed by atoms with E-state index in [9.17, 15) is 0 Å². The molecule has 1 aliphatic heterocycles. The first-order valence-corrected chi connectivity index (χ1v) is 7.90. The van der Waals surface area contributed by atoms with Gasteiger partial charge in [-0.05, 0) is 48.7 Å². The summed E-state index contributed by atoms with van der Waals surface area (Å²) >= 11 is 1.79. The van der Waals surface area contributed by atoms with Crippen molar-refractivity contribution < 1.29 is 0 Å². The lowest BCUT2D eigenvalue weighted by molar-refractivity contribution is 0.195. The van der Waals surface area contributed by atoms with E-state index in [0.717, 1.165) is 18.8 Å². The molecule has 0 aromatic carbocycles. The van der Waals surface area contributed by atoms with Gasteiger partial charge in [0.2, 0.25) is 0 Å². The Bertz CT molecular complexity index is 530. The van der Waals surface area contributed by atoms with Crippen molar-refractivity contribution in [1.29, 1.82) is 0 Å². The number of nitrogens with zero attached hydrogens (tertiary/aromatic N) is 3. The van der Waals surface area contributed by atoms with E-state index in [4.69, 9.17) is 4.98 Å². The van der Waals surface area contributed by atoms with Gasteiger partial charge in [-0.15, -0.1) is 0 Å². The number of rotatable bonds is 3. The Balaban J connectivity index is 1.69. The summed E-state index contributed by atoms with van der Waals surface area (Å²) in [4.78, 5) is 7.27. The summed E-state index contributed by atoms with van der Waals surface area (Å²) < 4.78 is 2.20. The maximum Gasteiger partial charge on any atom is 0.113 e. The van der Waals surface area contributed by atoms with Gasteiger partial charge in [0.1, 0.15) is 5.82 Å². The Hall–Kier alpha value is -1.13. The minimum absolute atomic E-state index is 0.589. The van der Waals surface area contributed by atoms with Crippen molar-refractivity contribution in [2.24, 2.45) is 7.05 Å². The molecule has 0 radical (unpaired) electrons. The van der Waals surface area contributed by atoms with Crippen molar-refractivity contribution >= 4 is 11.3 Å². The molecule has 102 valence electrons. The molecular weight excluding hydrogens is 254 g/mol. The van der Waals surface area contributed by atoms with E-state index in [2.05, 4.69) is 46.5 Å². The Morgan fingerprint density at radius 3 is 3.05 bits per heavy atom. The van der Waals surface area contributed by atoms with E-state index >= 15 is 0 Å². The Kier molecular flexibility index (Phi) is 3.71. The highest BCUT2D eigenvalue weighted by atomic mass is 32.1. The summed E-state index contributed by atoms with van der Waals surface area (Å²) in [6, 6.07) is 2.24. The third-order valence-electron chi connectivity index (χ3n) is 3.89. The first kappa shape index (κ1) is 12.9. The average molecular weight is 275 g/mol. The second-order valence-corrected chi connectivity index (χ2v) is 6.34. The van der Waals surface area contributed by atoms with Crippen LogP contribution in [0.15, 0.2) is 23.0 Å². The second kappa shape index (κ2) is 5.47. The summed E-state index contributed by atoms with van der Waals surface area (Å²) in [7, 11) is 2.12. The van der Waals surface area contributed by atoms with Crippen LogP contribution < -0.4 is 0 Å². The molecule has 1 fully saturated rings. The molecule has 2 aromatic rings. The fourth-order valence-electron chi connectivity index (χ4n) is 3.06. The van der Waals surface area contributed by atoms with E-state index in [1.54, 1.807) is 11.3 Å². The van der Waals surface area contributed by atoms with Gasteiger partial charge in [0, 0.05) is 32.3 Å². The highest BCUT2D eigenvalue weighted by molar-refractivity contribution is 7.07. The van der Waals surface area contributed by atoms with E-state index in [-0.39, 0.29) is 0 Å². The van der Waals surface area contributed by atoms with E-state index < -0.39 is 0 Å². The van der Waals surface area contributed by atoms with Crippen LogP contribution >= 0.6 is 11.3 Å². The van der Waals surface area contributed by atoms with Crippen LogP contribution in [0.5, 0.6) is 0 Å². The summed E-state index contributed by atoms with van der Waals surface area (Å²) in [6.45, 7) is 5.52. The van der Waals surface area contributed by atoms with Gasteiger partial charge in [-0.1, -0.05) is 0 Å². The molecule has 0 aliphatic carbocycles. The lowest BCUT2D eigenvalue weighted by Crippen LogP contribution is -2.34. The molecule has 3 heterocycles. The van der Waals surface area contributed by atoms with Gasteiger partial charge in [0.25, 0.3) is 0 Å². The highest BCUT2D eigenvalue weighted by Gasteiger charge is 2.24. The molecule has 0 N–H and O–H groups in total. The fraction of sp³-hybridized carbons (Fsp3) is 0.533. The van der Waals surface area contributed by atoms with Gasteiger partial charge < -0.3 is 4.57 Å². The van der Waals surface area contributed by atoms with Crippen LogP contribution in [-0.4, -0.2) is 27.5 Å². The largest absolute Gasteiger partial charge is 0.337 e. The summed E-state index contributed by atoms with van der Waals surface area (Å²) in [6.07, 6.45) is 4.68. The standard InChI is InChI=1S/C15H21N3S/c1-12-8-17(2)15(16-12)14-4-3-6-18(10-14)9-13-5-7-19-11-13/h5,7-8,11,14H,3-4,6,9-10H2,1-2H3. The van der Waals surface area contributed by atoms with Crippen molar-refractivity contribution in [3.8, 4) is 0 Å². The molecule has 1 atom stereocenters. The molecule has 0 amide bonds. The quantitative estimate of drug-likeness (QED) is 0.858. The number of likely N-dealkylation sites (tertiary alicyclic amines) is 1. The maximum absolute atomic E-state index is 4.70. The number of piperidine rings is 1. The van der Waals surface area contributed by atoms with E-state index in [1.165, 1.54) is 30.8 Å². The average Bonchev–Trinajstić information content (AvgIpc) is 2.99. The lowest BCUT2D eigenvalue weighted by atomic mass is 9.97. The predicted octanol–water partition coefficient (Wildman–Crippen LogP) is 3.17. The first-order chi connectivity index (χ1) is 9.22. The van der Waals surface area contributed by atoms with Crippen molar-refractivity contribution in [3.05, 3.63) is 40.1 Å². The lowest BCUT2D eigenvalue weighted by Gasteiger charge is -2.32. The van der Waals surface area contributed by atoms with Crippen LogP contribution in [0.3, 0.4) is 0 Å². The van der Waals surface area contributed by atoms with E-state index in [1.807, 2.05) is 0 Å². The third-order valence-corrected chi connectivity index (χ3v) is 4.62.